The molecule has 0 radical (unpaired) electrons. The van der Waals surface area contributed by atoms with Crippen LogP contribution in [0.3, 0.4) is 0 Å². The summed E-state index contributed by atoms with van der Waals surface area (Å²) < 4.78 is 39.1. The fourth-order valence-corrected chi connectivity index (χ4v) is 2.21. The zero-order valence-electron chi connectivity index (χ0n) is 10.5. The van der Waals surface area contributed by atoms with Crippen molar-refractivity contribution in [2.24, 2.45) is 0 Å². The zero-order chi connectivity index (χ0) is 14.0. The van der Waals surface area contributed by atoms with E-state index in [4.69, 9.17) is 0 Å². The van der Waals surface area contributed by atoms with E-state index < -0.39 is 23.4 Å². The Balaban J connectivity index is 2.18. The van der Waals surface area contributed by atoms with Crippen LogP contribution in [0.25, 0.3) is 0 Å². The standard InChI is InChI=1S/C13H15F3N2O/c1-18(9-3-2-4-17-7-9)13(19)8-5-10(14)12(16)11(15)6-8/h5-6,9,17H,2-4,7H2,1H3. The minimum Gasteiger partial charge on any atom is -0.337 e. The van der Waals surface area contributed by atoms with Crippen molar-refractivity contribution in [1.29, 1.82) is 0 Å². The molecule has 1 fully saturated rings. The number of carbonyl (C=O) groups is 1. The predicted octanol–water partition coefficient (Wildman–Crippen LogP) is 1.93. The molecular formula is C13H15F3N2O. The Labute approximate surface area is 109 Å². The summed E-state index contributed by atoms with van der Waals surface area (Å²) in [5.74, 6) is -4.76. The summed E-state index contributed by atoms with van der Waals surface area (Å²) in [4.78, 5) is 13.5. The highest BCUT2D eigenvalue weighted by atomic mass is 19.2. The normalized spacial score (nSPS) is 19.3. The number of piperidine rings is 1. The van der Waals surface area contributed by atoms with E-state index >= 15 is 0 Å². The van der Waals surface area contributed by atoms with Gasteiger partial charge in [-0.3, -0.25) is 4.79 Å². The van der Waals surface area contributed by atoms with Crippen LogP contribution in [0.1, 0.15) is 23.2 Å². The van der Waals surface area contributed by atoms with Crippen LogP contribution in [0.2, 0.25) is 0 Å². The van der Waals surface area contributed by atoms with Crippen LogP contribution < -0.4 is 5.32 Å². The maximum absolute atomic E-state index is 13.1. The first-order valence-corrected chi connectivity index (χ1v) is 6.13. The highest BCUT2D eigenvalue weighted by Gasteiger charge is 2.24. The van der Waals surface area contributed by atoms with Crippen LogP contribution in [-0.2, 0) is 0 Å². The van der Waals surface area contributed by atoms with Crippen LogP contribution in [0.15, 0.2) is 12.1 Å². The first-order valence-electron chi connectivity index (χ1n) is 6.13. The Morgan fingerprint density at radius 1 is 1.32 bits per heavy atom. The molecule has 1 unspecified atom stereocenters. The Morgan fingerprint density at radius 3 is 2.47 bits per heavy atom. The maximum atomic E-state index is 13.1. The van der Waals surface area contributed by atoms with Crippen molar-refractivity contribution >= 4 is 5.91 Å². The highest BCUT2D eigenvalue weighted by Crippen LogP contribution is 2.17. The van der Waals surface area contributed by atoms with Gasteiger partial charge in [-0.1, -0.05) is 0 Å². The molecule has 1 aromatic carbocycles. The summed E-state index contributed by atoms with van der Waals surface area (Å²) in [7, 11) is 1.58. The number of rotatable bonds is 2. The smallest absolute Gasteiger partial charge is 0.254 e. The molecule has 1 atom stereocenters. The van der Waals surface area contributed by atoms with Gasteiger partial charge in [0.2, 0.25) is 0 Å². The molecule has 1 saturated heterocycles. The van der Waals surface area contributed by atoms with Crippen LogP contribution in [0, 0.1) is 17.5 Å². The molecule has 0 aromatic heterocycles. The fraction of sp³-hybridized carbons (Fsp3) is 0.462. The molecule has 0 bridgehead atoms. The molecule has 19 heavy (non-hydrogen) atoms. The molecule has 0 spiro atoms. The van der Waals surface area contributed by atoms with Crippen molar-refractivity contribution in [3.63, 3.8) is 0 Å². The van der Waals surface area contributed by atoms with Gasteiger partial charge in [0.05, 0.1) is 0 Å². The molecule has 1 aliphatic rings. The zero-order valence-corrected chi connectivity index (χ0v) is 10.5. The molecular weight excluding hydrogens is 257 g/mol. The second-order valence-electron chi connectivity index (χ2n) is 4.67. The molecule has 0 saturated carbocycles. The maximum Gasteiger partial charge on any atom is 0.254 e. The first kappa shape index (κ1) is 13.9. The number of benzene rings is 1. The lowest BCUT2D eigenvalue weighted by atomic mass is 10.1. The number of hydrogen-bond donors (Lipinski definition) is 1. The van der Waals surface area contributed by atoms with Crippen molar-refractivity contribution in [2.45, 2.75) is 18.9 Å². The molecule has 1 heterocycles. The predicted molar refractivity (Wildman–Crippen MR) is 64.3 cm³/mol. The number of hydrogen-bond acceptors (Lipinski definition) is 2. The highest BCUT2D eigenvalue weighted by molar-refractivity contribution is 5.94. The van der Waals surface area contributed by atoms with Gasteiger partial charge in [-0.05, 0) is 31.5 Å². The van der Waals surface area contributed by atoms with Crippen molar-refractivity contribution in [1.82, 2.24) is 10.2 Å². The average Bonchev–Trinajstić information content (AvgIpc) is 2.43. The minimum absolute atomic E-state index is 0.0163. The van der Waals surface area contributed by atoms with Crippen LogP contribution >= 0.6 is 0 Å². The molecule has 1 aromatic rings. The van der Waals surface area contributed by atoms with E-state index in [1.807, 2.05) is 0 Å². The number of nitrogens with one attached hydrogen (secondary N) is 1. The largest absolute Gasteiger partial charge is 0.337 e. The molecule has 104 valence electrons. The number of nitrogens with zero attached hydrogens (tertiary/aromatic N) is 1. The Kier molecular flexibility index (Phi) is 4.09. The van der Waals surface area contributed by atoms with E-state index in [1.54, 1.807) is 7.05 Å². The first-order chi connectivity index (χ1) is 9.00. The van der Waals surface area contributed by atoms with Crippen LogP contribution in [-0.4, -0.2) is 37.0 Å². The number of likely N-dealkylation sites (N-methyl/N-ethyl adjacent to an activating group) is 1. The molecule has 2 rings (SSSR count). The summed E-state index contributed by atoms with van der Waals surface area (Å²) in [6.45, 7) is 1.55. The number of carbonyl (C=O) groups excluding carboxylic acids is 1. The quantitative estimate of drug-likeness (QED) is 0.834. The van der Waals surface area contributed by atoms with E-state index in [1.165, 1.54) is 4.90 Å². The van der Waals surface area contributed by atoms with Gasteiger partial charge in [-0.25, -0.2) is 13.2 Å². The lowest BCUT2D eigenvalue weighted by Gasteiger charge is -2.31. The number of halogens is 3. The minimum atomic E-state index is -1.56. The van der Waals surface area contributed by atoms with Gasteiger partial charge in [0.15, 0.2) is 17.5 Å². The van der Waals surface area contributed by atoms with Crippen molar-refractivity contribution in [3.8, 4) is 0 Å². The summed E-state index contributed by atoms with van der Waals surface area (Å²) in [6, 6.07) is 1.44. The van der Waals surface area contributed by atoms with Gasteiger partial charge < -0.3 is 10.2 Å². The fourth-order valence-electron chi connectivity index (χ4n) is 2.21. The molecule has 0 aliphatic carbocycles. The topological polar surface area (TPSA) is 32.3 Å². The lowest BCUT2D eigenvalue weighted by Crippen LogP contribution is -2.46. The van der Waals surface area contributed by atoms with Gasteiger partial charge in [-0.15, -0.1) is 0 Å². The number of amides is 1. The second-order valence-corrected chi connectivity index (χ2v) is 4.67. The van der Waals surface area contributed by atoms with Gasteiger partial charge >= 0.3 is 0 Å². The summed E-state index contributed by atoms with van der Waals surface area (Å²) in [5, 5.41) is 3.15. The third-order valence-corrected chi connectivity index (χ3v) is 3.37. The summed E-state index contributed by atoms with van der Waals surface area (Å²) in [6.07, 6.45) is 1.77. The average molecular weight is 272 g/mol. The van der Waals surface area contributed by atoms with E-state index in [-0.39, 0.29) is 11.6 Å². The van der Waals surface area contributed by atoms with Gasteiger partial charge in [-0.2, -0.15) is 0 Å². The van der Waals surface area contributed by atoms with E-state index in [0.717, 1.165) is 31.5 Å². The van der Waals surface area contributed by atoms with Crippen molar-refractivity contribution in [3.05, 3.63) is 35.1 Å². The molecule has 1 N–H and O–H groups in total. The third-order valence-electron chi connectivity index (χ3n) is 3.37. The molecule has 1 amide bonds. The molecule has 1 aliphatic heterocycles. The van der Waals surface area contributed by atoms with Crippen LogP contribution in [0.4, 0.5) is 13.2 Å². The second kappa shape index (κ2) is 5.61. The monoisotopic (exact) mass is 272 g/mol. The Morgan fingerprint density at radius 2 is 1.95 bits per heavy atom. The van der Waals surface area contributed by atoms with E-state index in [2.05, 4.69) is 5.32 Å². The summed E-state index contributed by atoms with van der Waals surface area (Å²) >= 11 is 0. The molecule has 6 heteroatoms. The SMILES string of the molecule is CN(C(=O)c1cc(F)c(F)c(F)c1)C1CCCNC1. The van der Waals surface area contributed by atoms with Crippen LogP contribution in [0.5, 0.6) is 0 Å². The third kappa shape index (κ3) is 2.89. The van der Waals surface area contributed by atoms with E-state index in [9.17, 15) is 18.0 Å². The Hall–Kier alpha value is -1.56. The molecule has 3 nitrogen and oxygen atoms in total. The van der Waals surface area contributed by atoms with Gasteiger partial charge in [0.25, 0.3) is 5.91 Å². The van der Waals surface area contributed by atoms with Crippen molar-refractivity contribution < 1.29 is 18.0 Å². The lowest BCUT2D eigenvalue weighted by molar-refractivity contribution is 0.0707. The van der Waals surface area contributed by atoms with Crippen molar-refractivity contribution in [2.75, 3.05) is 20.1 Å². The Bertz CT molecular complexity index is 464. The van der Waals surface area contributed by atoms with E-state index in [0.29, 0.717) is 6.54 Å². The van der Waals surface area contributed by atoms with Gasteiger partial charge in [0.1, 0.15) is 0 Å². The summed E-state index contributed by atoms with van der Waals surface area (Å²) in [5.41, 5.74) is -0.176. The van der Waals surface area contributed by atoms with Gasteiger partial charge in [0, 0.05) is 25.2 Å².